The number of aromatic nitrogens is 2. The highest BCUT2D eigenvalue weighted by molar-refractivity contribution is 5.90. The summed E-state index contributed by atoms with van der Waals surface area (Å²) in [5.74, 6) is 0.0105. The molecule has 72 valence electrons. The van der Waals surface area contributed by atoms with Gasteiger partial charge in [-0.05, 0) is 0 Å². The molecule has 1 rings (SSSR count). The number of aliphatic hydroxyl groups is 1. The van der Waals surface area contributed by atoms with Crippen molar-refractivity contribution >= 4 is 5.91 Å². The van der Waals surface area contributed by atoms with E-state index in [0.717, 1.165) is 0 Å². The molecule has 4 N–H and O–H groups in total. The fourth-order valence-electron chi connectivity index (χ4n) is 0.865. The van der Waals surface area contributed by atoms with Gasteiger partial charge in [-0.15, -0.1) is 0 Å². The van der Waals surface area contributed by atoms with Crippen LogP contribution < -0.4 is 5.73 Å². The summed E-state index contributed by atoms with van der Waals surface area (Å²) in [6.07, 6.45) is 1.37. The second-order valence-corrected chi connectivity index (χ2v) is 3.55. The van der Waals surface area contributed by atoms with E-state index in [0.29, 0.717) is 5.82 Å². The van der Waals surface area contributed by atoms with Crippen molar-refractivity contribution in [3.8, 4) is 0 Å². The Labute approximate surface area is 76.0 Å². The Morgan fingerprint density at radius 3 is 2.77 bits per heavy atom. The highest BCUT2D eigenvalue weighted by Crippen LogP contribution is 2.18. The van der Waals surface area contributed by atoms with Crippen LogP contribution in [0, 0.1) is 0 Å². The van der Waals surface area contributed by atoms with Gasteiger partial charge in [0.05, 0.1) is 12.8 Å². The zero-order valence-corrected chi connectivity index (χ0v) is 7.66. The Hall–Kier alpha value is -1.36. The van der Waals surface area contributed by atoms with Crippen LogP contribution in [0.25, 0.3) is 0 Å². The number of carbonyl (C=O) groups excluding carboxylic acids is 1. The molecule has 0 aliphatic carbocycles. The molecule has 0 unspecified atom stereocenters. The van der Waals surface area contributed by atoms with E-state index < -0.39 is 11.3 Å². The zero-order chi connectivity index (χ0) is 10.1. The van der Waals surface area contributed by atoms with Crippen molar-refractivity contribution in [3.63, 3.8) is 0 Å². The Bertz CT molecular complexity index is 317. The molecule has 0 saturated carbocycles. The van der Waals surface area contributed by atoms with Crippen LogP contribution in [0.5, 0.6) is 0 Å². The largest absolute Gasteiger partial charge is 0.395 e. The SMILES string of the molecule is CC(C)(CO)c1ncc(C(N)=O)[nH]1. The normalized spacial score (nSPS) is 11.6. The second-order valence-electron chi connectivity index (χ2n) is 3.55. The van der Waals surface area contributed by atoms with Crippen LogP contribution in [0.3, 0.4) is 0 Å². The van der Waals surface area contributed by atoms with Gasteiger partial charge >= 0.3 is 0 Å². The first-order chi connectivity index (χ1) is 5.97. The number of primary amides is 1. The summed E-state index contributed by atoms with van der Waals surface area (Å²) in [4.78, 5) is 17.4. The lowest BCUT2D eigenvalue weighted by molar-refractivity contribution is 0.0995. The molecule has 0 fully saturated rings. The van der Waals surface area contributed by atoms with Gasteiger partial charge in [-0.1, -0.05) is 13.8 Å². The zero-order valence-electron chi connectivity index (χ0n) is 7.66. The molecule has 0 atom stereocenters. The van der Waals surface area contributed by atoms with Gasteiger partial charge in [-0.3, -0.25) is 4.79 Å². The molecule has 0 aromatic carbocycles. The Kier molecular flexibility index (Phi) is 2.38. The van der Waals surface area contributed by atoms with Crippen LogP contribution in [0.1, 0.15) is 30.2 Å². The first-order valence-electron chi connectivity index (χ1n) is 3.93. The third-order valence-corrected chi connectivity index (χ3v) is 1.88. The summed E-state index contributed by atoms with van der Waals surface area (Å²) in [6, 6.07) is 0. The predicted octanol–water partition coefficient (Wildman–Crippen LogP) is -0.222. The van der Waals surface area contributed by atoms with Crippen molar-refractivity contribution in [3.05, 3.63) is 17.7 Å². The molecule has 0 spiro atoms. The maximum Gasteiger partial charge on any atom is 0.266 e. The summed E-state index contributed by atoms with van der Waals surface area (Å²) < 4.78 is 0. The number of nitrogens with zero attached hydrogens (tertiary/aromatic N) is 1. The Morgan fingerprint density at radius 1 is 1.77 bits per heavy atom. The van der Waals surface area contributed by atoms with E-state index in [1.165, 1.54) is 6.20 Å². The number of amides is 1. The topological polar surface area (TPSA) is 92.0 Å². The van der Waals surface area contributed by atoms with Crippen molar-refractivity contribution in [2.75, 3.05) is 6.61 Å². The molecular weight excluding hydrogens is 170 g/mol. The van der Waals surface area contributed by atoms with E-state index in [1.54, 1.807) is 0 Å². The maximum absolute atomic E-state index is 10.7. The number of aliphatic hydroxyl groups excluding tert-OH is 1. The lowest BCUT2D eigenvalue weighted by Gasteiger charge is -2.17. The highest BCUT2D eigenvalue weighted by Gasteiger charge is 2.23. The number of H-pyrrole nitrogens is 1. The number of hydrogen-bond donors (Lipinski definition) is 3. The molecule has 0 aliphatic heterocycles. The fraction of sp³-hybridized carbons (Fsp3) is 0.500. The predicted molar refractivity (Wildman–Crippen MR) is 47.2 cm³/mol. The summed E-state index contributed by atoms with van der Waals surface area (Å²) in [5.41, 5.74) is 4.82. The van der Waals surface area contributed by atoms with Gasteiger partial charge in [0.25, 0.3) is 5.91 Å². The number of nitrogens with one attached hydrogen (secondary N) is 1. The van der Waals surface area contributed by atoms with Crippen LogP contribution in [-0.2, 0) is 5.41 Å². The molecule has 0 saturated heterocycles. The van der Waals surface area contributed by atoms with E-state index in [9.17, 15) is 4.79 Å². The molecule has 13 heavy (non-hydrogen) atoms. The van der Waals surface area contributed by atoms with Gasteiger partial charge in [0, 0.05) is 5.41 Å². The molecule has 0 radical (unpaired) electrons. The van der Waals surface area contributed by atoms with Gasteiger partial charge < -0.3 is 15.8 Å². The summed E-state index contributed by atoms with van der Waals surface area (Å²) >= 11 is 0. The van der Waals surface area contributed by atoms with Crippen molar-refractivity contribution in [2.24, 2.45) is 5.73 Å². The van der Waals surface area contributed by atoms with E-state index in [2.05, 4.69) is 9.97 Å². The molecule has 1 heterocycles. The number of carbonyl (C=O) groups is 1. The molecule has 1 aromatic heterocycles. The van der Waals surface area contributed by atoms with Crippen molar-refractivity contribution in [1.29, 1.82) is 0 Å². The fourth-order valence-corrected chi connectivity index (χ4v) is 0.865. The Morgan fingerprint density at radius 2 is 2.38 bits per heavy atom. The minimum absolute atomic E-state index is 0.0429. The minimum Gasteiger partial charge on any atom is -0.395 e. The number of nitrogens with two attached hydrogens (primary N) is 1. The van der Waals surface area contributed by atoms with Crippen LogP contribution in [-0.4, -0.2) is 27.6 Å². The van der Waals surface area contributed by atoms with Crippen LogP contribution in [0.15, 0.2) is 6.20 Å². The van der Waals surface area contributed by atoms with Crippen LogP contribution in [0.2, 0.25) is 0 Å². The monoisotopic (exact) mass is 183 g/mol. The van der Waals surface area contributed by atoms with Crippen LogP contribution >= 0.6 is 0 Å². The molecule has 1 aromatic rings. The van der Waals surface area contributed by atoms with E-state index in [1.807, 2.05) is 13.8 Å². The maximum atomic E-state index is 10.7. The van der Waals surface area contributed by atoms with E-state index >= 15 is 0 Å². The summed E-state index contributed by atoms with van der Waals surface area (Å²) in [5, 5.41) is 9.02. The molecule has 0 aliphatic rings. The molecule has 5 nitrogen and oxygen atoms in total. The molecule has 5 heteroatoms. The molecular formula is C8H13N3O2. The molecule has 1 amide bonds. The number of rotatable bonds is 3. The summed E-state index contributed by atoms with van der Waals surface area (Å²) in [7, 11) is 0. The third kappa shape index (κ3) is 1.86. The second kappa shape index (κ2) is 3.18. The number of imidazole rings is 1. The first kappa shape index (κ1) is 9.73. The van der Waals surface area contributed by atoms with Crippen molar-refractivity contribution in [1.82, 2.24) is 9.97 Å². The van der Waals surface area contributed by atoms with Crippen LogP contribution in [0.4, 0.5) is 0 Å². The highest BCUT2D eigenvalue weighted by atomic mass is 16.3. The number of aromatic amines is 1. The van der Waals surface area contributed by atoms with Gasteiger partial charge in [0.15, 0.2) is 0 Å². The van der Waals surface area contributed by atoms with Gasteiger partial charge in [0.1, 0.15) is 11.5 Å². The smallest absolute Gasteiger partial charge is 0.266 e. The quantitative estimate of drug-likeness (QED) is 0.604. The summed E-state index contributed by atoms with van der Waals surface area (Å²) in [6.45, 7) is 3.59. The van der Waals surface area contributed by atoms with Gasteiger partial charge in [-0.2, -0.15) is 0 Å². The lowest BCUT2D eigenvalue weighted by Crippen LogP contribution is -2.24. The Balaban J connectivity index is 2.98. The van der Waals surface area contributed by atoms with Crippen molar-refractivity contribution < 1.29 is 9.90 Å². The molecule has 0 bridgehead atoms. The van der Waals surface area contributed by atoms with E-state index in [-0.39, 0.29) is 12.3 Å². The number of hydrogen-bond acceptors (Lipinski definition) is 3. The minimum atomic E-state index is -0.549. The van der Waals surface area contributed by atoms with E-state index in [4.69, 9.17) is 10.8 Å². The first-order valence-corrected chi connectivity index (χ1v) is 3.93. The van der Waals surface area contributed by atoms with Crippen molar-refractivity contribution in [2.45, 2.75) is 19.3 Å². The van der Waals surface area contributed by atoms with Gasteiger partial charge in [-0.25, -0.2) is 4.98 Å². The lowest BCUT2D eigenvalue weighted by atomic mass is 9.94. The average molecular weight is 183 g/mol. The third-order valence-electron chi connectivity index (χ3n) is 1.88. The standard InChI is InChI=1S/C8H13N3O2/c1-8(2,4-12)7-10-3-5(11-7)6(9)13/h3,12H,4H2,1-2H3,(H2,9,13)(H,10,11). The van der Waals surface area contributed by atoms with Gasteiger partial charge in [0.2, 0.25) is 0 Å². The average Bonchev–Trinajstić information content (AvgIpc) is 2.52.